The number of nitrogens with zero attached hydrogens (tertiary/aromatic N) is 3. The van der Waals surface area contributed by atoms with Crippen molar-refractivity contribution in [2.45, 2.75) is 0 Å². The van der Waals surface area contributed by atoms with Gasteiger partial charge in [-0.3, -0.25) is 9.59 Å². The molecule has 2 heterocycles. The van der Waals surface area contributed by atoms with Gasteiger partial charge >= 0.3 is 0 Å². The number of aromatic nitrogens is 1. The number of ether oxygens (including phenoxy) is 1. The zero-order valence-corrected chi connectivity index (χ0v) is 18.6. The van der Waals surface area contributed by atoms with Crippen LogP contribution in [0.1, 0.15) is 20.8 Å². The van der Waals surface area contributed by atoms with Crippen molar-refractivity contribution in [1.82, 2.24) is 14.8 Å². The Hall–Kier alpha value is -3.30. The van der Waals surface area contributed by atoms with Crippen LogP contribution in [0.5, 0.6) is 5.75 Å². The Morgan fingerprint density at radius 3 is 2.59 bits per heavy atom. The molecule has 0 atom stereocenters. The molecule has 9 heteroatoms. The number of benzene rings is 2. The first-order valence-electron chi connectivity index (χ1n) is 10.1. The van der Waals surface area contributed by atoms with E-state index in [0.717, 1.165) is 13.1 Å². The lowest BCUT2D eigenvalue weighted by Gasteiger charge is -2.32. The number of piperazine rings is 1. The average molecular weight is 455 g/mol. The summed E-state index contributed by atoms with van der Waals surface area (Å²) in [7, 11) is 3.52. The van der Waals surface area contributed by atoms with Gasteiger partial charge in [0.25, 0.3) is 11.8 Å². The SMILES string of the molecule is COc1ccc(C(=O)N2CCN(C)CC2)cc1NC(=O)c1csc(-c2ccccc2F)n1. The van der Waals surface area contributed by atoms with Crippen molar-refractivity contribution in [2.75, 3.05) is 45.7 Å². The number of hydrogen-bond acceptors (Lipinski definition) is 6. The average Bonchev–Trinajstić information content (AvgIpc) is 3.29. The number of thiazole rings is 1. The van der Waals surface area contributed by atoms with E-state index in [-0.39, 0.29) is 11.6 Å². The van der Waals surface area contributed by atoms with Crippen LogP contribution in [-0.4, -0.2) is 66.9 Å². The van der Waals surface area contributed by atoms with Crippen LogP contribution in [0, 0.1) is 5.82 Å². The highest BCUT2D eigenvalue weighted by atomic mass is 32.1. The van der Waals surface area contributed by atoms with Crippen LogP contribution < -0.4 is 10.1 Å². The van der Waals surface area contributed by atoms with E-state index in [1.54, 1.807) is 46.7 Å². The number of likely N-dealkylation sites (N-methyl/N-ethyl adjacent to an activating group) is 1. The van der Waals surface area contributed by atoms with Gasteiger partial charge in [-0.25, -0.2) is 9.37 Å². The smallest absolute Gasteiger partial charge is 0.275 e. The largest absolute Gasteiger partial charge is 0.495 e. The van der Waals surface area contributed by atoms with Crippen molar-refractivity contribution in [3.05, 3.63) is 64.9 Å². The van der Waals surface area contributed by atoms with Crippen LogP contribution in [0.15, 0.2) is 47.8 Å². The minimum absolute atomic E-state index is 0.0910. The summed E-state index contributed by atoms with van der Waals surface area (Å²) in [4.78, 5) is 34.0. The predicted octanol–water partition coefficient (Wildman–Crippen LogP) is 3.60. The molecule has 0 saturated carbocycles. The molecular weight excluding hydrogens is 431 g/mol. The number of amides is 2. The predicted molar refractivity (Wildman–Crippen MR) is 122 cm³/mol. The lowest BCUT2D eigenvalue weighted by Crippen LogP contribution is -2.47. The Bertz CT molecular complexity index is 1140. The molecule has 4 rings (SSSR count). The molecule has 2 amide bonds. The van der Waals surface area contributed by atoms with Crippen LogP contribution in [0.4, 0.5) is 10.1 Å². The second-order valence-electron chi connectivity index (χ2n) is 7.48. The molecule has 3 aromatic rings. The minimum Gasteiger partial charge on any atom is -0.495 e. The van der Waals surface area contributed by atoms with Gasteiger partial charge in [0.2, 0.25) is 0 Å². The number of hydrogen-bond donors (Lipinski definition) is 1. The lowest BCUT2D eigenvalue weighted by molar-refractivity contribution is 0.0664. The number of methoxy groups -OCH3 is 1. The van der Waals surface area contributed by atoms with Crippen LogP contribution >= 0.6 is 11.3 Å². The van der Waals surface area contributed by atoms with Crippen LogP contribution in [0.2, 0.25) is 0 Å². The van der Waals surface area contributed by atoms with Gasteiger partial charge in [-0.2, -0.15) is 0 Å². The second-order valence-corrected chi connectivity index (χ2v) is 8.34. The maximum Gasteiger partial charge on any atom is 0.275 e. The third-order valence-electron chi connectivity index (χ3n) is 5.33. The number of anilines is 1. The van der Waals surface area contributed by atoms with E-state index in [4.69, 9.17) is 4.74 Å². The first-order chi connectivity index (χ1) is 15.5. The molecule has 0 aliphatic carbocycles. The molecule has 1 aliphatic rings. The fourth-order valence-corrected chi connectivity index (χ4v) is 4.28. The third kappa shape index (κ3) is 4.63. The summed E-state index contributed by atoms with van der Waals surface area (Å²) in [5, 5.41) is 4.76. The first-order valence-corrected chi connectivity index (χ1v) is 11.0. The van der Waals surface area contributed by atoms with Gasteiger partial charge in [0.15, 0.2) is 0 Å². The molecule has 1 saturated heterocycles. The van der Waals surface area contributed by atoms with Crippen LogP contribution in [0.25, 0.3) is 10.6 Å². The summed E-state index contributed by atoms with van der Waals surface area (Å²) >= 11 is 1.18. The molecule has 2 aromatic carbocycles. The number of carbonyl (C=O) groups is 2. The molecule has 7 nitrogen and oxygen atoms in total. The fraction of sp³-hybridized carbons (Fsp3) is 0.261. The topological polar surface area (TPSA) is 74.8 Å². The molecule has 0 bridgehead atoms. The maximum atomic E-state index is 14.0. The van der Waals surface area contributed by atoms with Gasteiger partial charge in [0, 0.05) is 42.7 Å². The van der Waals surface area contributed by atoms with E-state index in [1.807, 2.05) is 7.05 Å². The highest BCUT2D eigenvalue weighted by Gasteiger charge is 2.22. The Kier molecular flexibility index (Phi) is 6.48. The zero-order chi connectivity index (χ0) is 22.7. The first kappa shape index (κ1) is 21.9. The van der Waals surface area contributed by atoms with Crippen molar-refractivity contribution < 1.29 is 18.7 Å². The Morgan fingerprint density at radius 2 is 1.88 bits per heavy atom. The van der Waals surface area contributed by atoms with Crippen LogP contribution in [0.3, 0.4) is 0 Å². The molecule has 0 radical (unpaired) electrons. The van der Waals surface area contributed by atoms with Gasteiger partial charge in [0.05, 0.1) is 12.8 Å². The van der Waals surface area contributed by atoms with Crippen molar-refractivity contribution in [3.8, 4) is 16.3 Å². The standard InChI is InChI=1S/C23H23FN4O3S/c1-27-9-11-28(12-10-27)23(30)15-7-8-20(31-2)18(13-15)25-21(29)19-14-32-22(26-19)16-5-3-4-6-17(16)24/h3-8,13-14H,9-12H2,1-2H3,(H,25,29). The summed E-state index contributed by atoms with van der Waals surface area (Å²) in [6.07, 6.45) is 0. The van der Waals surface area contributed by atoms with E-state index >= 15 is 0 Å². The summed E-state index contributed by atoms with van der Waals surface area (Å²) < 4.78 is 19.4. The number of nitrogens with one attached hydrogen (secondary N) is 1. The monoisotopic (exact) mass is 454 g/mol. The van der Waals surface area contributed by atoms with Gasteiger partial charge in [0.1, 0.15) is 22.3 Å². The van der Waals surface area contributed by atoms with Gasteiger partial charge in [-0.1, -0.05) is 12.1 Å². The molecule has 0 unspecified atom stereocenters. The Morgan fingerprint density at radius 1 is 1.12 bits per heavy atom. The highest BCUT2D eigenvalue weighted by molar-refractivity contribution is 7.13. The van der Waals surface area contributed by atoms with Gasteiger partial charge in [-0.15, -0.1) is 11.3 Å². The molecule has 1 aliphatic heterocycles. The molecular formula is C23H23FN4O3S. The third-order valence-corrected chi connectivity index (χ3v) is 6.20. The van der Waals surface area contributed by atoms with Crippen LogP contribution in [-0.2, 0) is 0 Å². The van der Waals surface area contributed by atoms with Crippen molar-refractivity contribution in [2.24, 2.45) is 0 Å². The van der Waals surface area contributed by atoms with Crippen molar-refractivity contribution >= 4 is 28.8 Å². The van der Waals surface area contributed by atoms with E-state index in [2.05, 4.69) is 15.2 Å². The maximum absolute atomic E-state index is 14.0. The molecule has 32 heavy (non-hydrogen) atoms. The highest BCUT2D eigenvalue weighted by Crippen LogP contribution is 2.29. The number of rotatable bonds is 5. The van der Waals surface area contributed by atoms with Gasteiger partial charge < -0.3 is 19.9 Å². The summed E-state index contributed by atoms with van der Waals surface area (Å²) in [6.45, 7) is 2.95. The summed E-state index contributed by atoms with van der Waals surface area (Å²) in [5.74, 6) is -0.526. The van der Waals surface area contributed by atoms with E-state index in [9.17, 15) is 14.0 Å². The normalized spacial score (nSPS) is 14.3. The summed E-state index contributed by atoms with van der Waals surface area (Å²) in [6, 6.07) is 11.2. The van der Waals surface area contributed by atoms with Crippen molar-refractivity contribution in [3.63, 3.8) is 0 Å². The molecule has 0 spiro atoms. The van der Waals surface area contributed by atoms with Crippen molar-refractivity contribution in [1.29, 1.82) is 0 Å². The fourth-order valence-electron chi connectivity index (χ4n) is 3.45. The zero-order valence-electron chi connectivity index (χ0n) is 17.8. The van der Waals surface area contributed by atoms with E-state index < -0.39 is 11.7 Å². The van der Waals surface area contributed by atoms with Gasteiger partial charge in [-0.05, 0) is 37.4 Å². The molecule has 1 N–H and O–H groups in total. The number of carbonyl (C=O) groups excluding carboxylic acids is 2. The Labute approximate surface area is 189 Å². The molecule has 166 valence electrons. The quantitative estimate of drug-likeness (QED) is 0.638. The lowest BCUT2D eigenvalue weighted by atomic mass is 10.1. The number of halogens is 1. The Balaban J connectivity index is 1.53. The summed E-state index contributed by atoms with van der Waals surface area (Å²) in [5.41, 5.74) is 1.34. The van der Waals surface area contributed by atoms with E-state index in [0.29, 0.717) is 40.7 Å². The molecule has 1 fully saturated rings. The second kappa shape index (κ2) is 9.46. The minimum atomic E-state index is -0.466. The van der Waals surface area contributed by atoms with E-state index in [1.165, 1.54) is 24.5 Å². The molecule has 1 aromatic heterocycles.